The van der Waals surface area contributed by atoms with Gasteiger partial charge in [-0.25, -0.2) is 9.59 Å². The van der Waals surface area contributed by atoms with Crippen LogP contribution in [0.2, 0.25) is 10.0 Å². The fourth-order valence-corrected chi connectivity index (χ4v) is 3.11. The average molecular weight is 439 g/mol. The van der Waals surface area contributed by atoms with Crippen LogP contribution in [0, 0.1) is 0 Å². The second kappa shape index (κ2) is 10.1. The smallest absolute Gasteiger partial charge is 0.338 e. The topological polar surface area (TPSA) is 71.1 Å². The third-order valence-electron chi connectivity index (χ3n) is 4.32. The predicted octanol–water partition coefficient (Wildman–Crippen LogP) is 4.53. The molecular weight excluding hydrogens is 419 g/mol. The normalized spacial score (nSPS) is 21.0. The molecule has 1 saturated heterocycles. The summed E-state index contributed by atoms with van der Waals surface area (Å²) >= 11 is 11.7. The molecule has 154 valence electrons. The lowest BCUT2D eigenvalue weighted by Gasteiger charge is -2.19. The first-order valence-electron chi connectivity index (χ1n) is 9.12. The Morgan fingerprint density at radius 1 is 0.966 bits per heavy atom. The van der Waals surface area contributed by atoms with Gasteiger partial charge in [0.25, 0.3) is 0 Å². The number of carbonyl (C=O) groups is 2. The van der Waals surface area contributed by atoms with Crippen molar-refractivity contribution in [1.29, 1.82) is 0 Å². The number of carbonyl (C=O) groups excluding carboxylic acids is 2. The molecule has 6 nitrogen and oxygen atoms in total. The van der Waals surface area contributed by atoms with E-state index < -0.39 is 30.4 Å². The van der Waals surface area contributed by atoms with E-state index in [0.29, 0.717) is 34.2 Å². The van der Waals surface area contributed by atoms with Crippen molar-refractivity contribution < 1.29 is 28.5 Å². The van der Waals surface area contributed by atoms with Crippen molar-refractivity contribution in [2.75, 3.05) is 13.2 Å². The van der Waals surface area contributed by atoms with Gasteiger partial charge in [-0.15, -0.1) is 0 Å². The molecule has 1 heterocycles. The zero-order valence-electron chi connectivity index (χ0n) is 15.7. The largest absolute Gasteiger partial charge is 0.459 e. The van der Waals surface area contributed by atoms with E-state index in [0.717, 1.165) is 0 Å². The third kappa shape index (κ3) is 5.93. The number of halogens is 2. The number of hydrogen-bond donors (Lipinski definition) is 0. The van der Waals surface area contributed by atoms with Crippen molar-refractivity contribution in [3.63, 3.8) is 0 Å². The van der Waals surface area contributed by atoms with Gasteiger partial charge in [-0.1, -0.05) is 23.2 Å². The van der Waals surface area contributed by atoms with Crippen LogP contribution in [0.4, 0.5) is 0 Å². The maximum absolute atomic E-state index is 12.4. The fourth-order valence-electron chi connectivity index (χ4n) is 2.86. The van der Waals surface area contributed by atoms with Crippen molar-refractivity contribution in [2.24, 2.45) is 0 Å². The van der Waals surface area contributed by atoms with Crippen molar-refractivity contribution in [3.05, 3.63) is 69.7 Å². The lowest BCUT2D eigenvalue weighted by Crippen LogP contribution is -2.32. The number of ether oxygens (including phenoxy) is 4. The van der Waals surface area contributed by atoms with Gasteiger partial charge < -0.3 is 18.9 Å². The van der Waals surface area contributed by atoms with Crippen LogP contribution in [0.25, 0.3) is 0 Å². The highest BCUT2D eigenvalue weighted by Gasteiger charge is 2.39. The Balaban J connectivity index is 1.62. The van der Waals surface area contributed by atoms with E-state index in [1.165, 1.54) is 0 Å². The van der Waals surface area contributed by atoms with Gasteiger partial charge in [-0.2, -0.15) is 0 Å². The Labute approximate surface area is 178 Å². The molecule has 1 fully saturated rings. The van der Waals surface area contributed by atoms with Gasteiger partial charge in [0.05, 0.1) is 11.1 Å². The summed E-state index contributed by atoms with van der Waals surface area (Å²) in [6.07, 6.45) is -1.45. The van der Waals surface area contributed by atoms with Crippen LogP contribution in [-0.4, -0.2) is 43.7 Å². The van der Waals surface area contributed by atoms with Gasteiger partial charge in [0, 0.05) is 23.1 Å². The second-order valence-corrected chi connectivity index (χ2v) is 7.22. The molecule has 0 N–H and O–H groups in total. The van der Waals surface area contributed by atoms with Gasteiger partial charge in [0.1, 0.15) is 18.8 Å². The predicted molar refractivity (Wildman–Crippen MR) is 107 cm³/mol. The molecule has 3 atom stereocenters. The summed E-state index contributed by atoms with van der Waals surface area (Å²) in [6.45, 7) is 2.20. The Hall–Kier alpha value is -2.12. The summed E-state index contributed by atoms with van der Waals surface area (Å²) < 4.78 is 22.2. The fraction of sp³-hybridized carbons (Fsp3) is 0.333. The monoisotopic (exact) mass is 438 g/mol. The summed E-state index contributed by atoms with van der Waals surface area (Å²) in [5, 5.41) is 1.04. The van der Waals surface area contributed by atoms with Crippen molar-refractivity contribution >= 4 is 35.1 Å². The van der Waals surface area contributed by atoms with Crippen LogP contribution in [0.5, 0.6) is 0 Å². The second-order valence-electron chi connectivity index (χ2n) is 6.35. The van der Waals surface area contributed by atoms with Crippen LogP contribution >= 0.6 is 23.2 Å². The van der Waals surface area contributed by atoms with Crippen LogP contribution in [-0.2, 0) is 18.9 Å². The van der Waals surface area contributed by atoms with Crippen LogP contribution < -0.4 is 0 Å². The number of hydrogen-bond acceptors (Lipinski definition) is 6. The molecule has 0 aromatic heterocycles. The lowest BCUT2D eigenvalue weighted by molar-refractivity contribution is -0.141. The SMILES string of the molecule is CCOC1CC(OC(=O)c2ccc(Cl)cc2)C(COC(=O)c2ccc(Cl)cc2)O1. The molecule has 0 spiro atoms. The molecule has 3 rings (SSSR count). The maximum Gasteiger partial charge on any atom is 0.338 e. The van der Waals surface area contributed by atoms with E-state index in [2.05, 4.69) is 0 Å². The minimum Gasteiger partial charge on any atom is -0.459 e. The Morgan fingerprint density at radius 2 is 1.52 bits per heavy atom. The molecule has 3 unspecified atom stereocenters. The standard InChI is InChI=1S/C21H20Cl2O6/c1-2-26-19-11-17(29-21(25)14-5-9-16(23)10-6-14)18(28-19)12-27-20(24)13-3-7-15(22)8-4-13/h3-10,17-19H,2,11-12H2,1H3. The van der Waals surface area contributed by atoms with Crippen LogP contribution in [0.15, 0.2) is 48.5 Å². The van der Waals surface area contributed by atoms with Crippen molar-refractivity contribution in [2.45, 2.75) is 31.8 Å². The molecule has 0 saturated carbocycles. The highest BCUT2D eigenvalue weighted by Crippen LogP contribution is 2.26. The van der Waals surface area contributed by atoms with Gasteiger partial charge in [0.15, 0.2) is 6.29 Å². The summed E-state index contributed by atoms with van der Waals surface area (Å²) in [7, 11) is 0. The van der Waals surface area contributed by atoms with Gasteiger partial charge in [-0.3, -0.25) is 0 Å². The zero-order valence-corrected chi connectivity index (χ0v) is 17.2. The summed E-state index contributed by atoms with van der Waals surface area (Å²) in [4.78, 5) is 24.7. The molecule has 0 radical (unpaired) electrons. The van der Waals surface area contributed by atoms with Crippen LogP contribution in [0.1, 0.15) is 34.1 Å². The van der Waals surface area contributed by atoms with Crippen molar-refractivity contribution in [3.8, 4) is 0 Å². The van der Waals surface area contributed by atoms with Gasteiger partial charge >= 0.3 is 11.9 Å². The van der Waals surface area contributed by atoms with E-state index in [-0.39, 0.29) is 6.61 Å². The first-order chi connectivity index (χ1) is 14.0. The first kappa shape index (κ1) is 21.6. The molecule has 29 heavy (non-hydrogen) atoms. The third-order valence-corrected chi connectivity index (χ3v) is 4.82. The van der Waals surface area contributed by atoms with Gasteiger partial charge in [-0.05, 0) is 55.5 Å². The van der Waals surface area contributed by atoms with E-state index in [4.69, 9.17) is 42.1 Å². The van der Waals surface area contributed by atoms with E-state index in [9.17, 15) is 9.59 Å². The molecule has 1 aliphatic heterocycles. The summed E-state index contributed by atoms with van der Waals surface area (Å²) in [5.74, 6) is -1.03. The molecule has 2 aromatic rings. The lowest BCUT2D eigenvalue weighted by atomic mass is 10.1. The molecular formula is C21H20Cl2O6. The molecule has 1 aliphatic rings. The van der Waals surface area contributed by atoms with E-state index in [1.807, 2.05) is 6.92 Å². The average Bonchev–Trinajstić information content (AvgIpc) is 3.08. The minimum atomic E-state index is -0.640. The number of benzene rings is 2. The maximum atomic E-state index is 12.4. The number of rotatable bonds is 7. The molecule has 0 bridgehead atoms. The number of esters is 2. The summed E-state index contributed by atoms with van der Waals surface area (Å²) in [6, 6.07) is 12.7. The van der Waals surface area contributed by atoms with Crippen LogP contribution in [0.3, 0.4) is 0 Å². The molecule has 8 heteroatoms. The Kier molecular flexibility index (Phi) is 7.50. The highest BCUT2D eigenvalue weighted by molar-refractivity contribution is 6.30. The van der Waals surface area contributed by atoms with E-state index >= 15 is 0 Å². The molecule has 0 amide bonds. The van der Waals surface area contributed by atoms with Gasteiger partial charge in [0.2, 0.25) is 0 Å². The minimum absolute atomic E-state index is 0.0798. The summed E-state index contributed by atoms with van der Waals surface area (Å²) in [5.41, 5.74) is 0.731. The first-order valence-corrected chi connectivity index (χ1v) is 9.88. The zero-order chi connectivity index (χ0) is 20.8. The Bertz CT molecular complexity index is 837. The van der Waals surface area contributed by atoms with E-state index in [1.54, 1.807) is 48.5 Å². The Morgan fingerprint density at radius 3 is 2.07 bits per heavy atom. The quantitative estimate of drug-likeness (QED) is 0.591. The highest BCUT2D eigenvalue weighted by atomic mass is 35.5. The van der Waals surface area contributed by atoms with Crippen molar-refractivity contribution in [1.82, 2.24) is 0 Å². The molecule has 2 aromatic carbocycles. The molecule has 0 aliphatic carbocycles.